The van der Waals surface area contributed by atoms with Crippen LogP contribution in [0.5, 0.6) is 0 Å². The van der Waals surface area contributed by atoms with Crippen molar-refractivity contribution in [1.82, 2.24) is 20.4 Å². The number of nitrogens with one attached hydrogen (secondary N) is 2. The summed E-state index contributed by atoms with van der Waals surface area (Å²) in [6.07, 6.45) is 6.48. The molecule has 0 aromatic carbocycles. The highest BCUT2D eigenvalue weighted by Gasteiger charge is 2.34. The number of rotatable bonds is 4. The van der Waals surface area contributed by atoms with Gasteiger partial charge in [0, 0.05) is 31.0 Å². The van der Waals surface area contributed by atoms with Gasteiger partial charge in [-0.3, -0.25) is 14.7 Å². The molecule has 1 aliphatic heterocycles. The summed E-state index contributed by atoms with van der Waals surface area (Å²) in [5.41, 5.74) is 1.60. The summed E-state index contributed by atoms with van der Waals surface area (Å²) in [6.45, 7) is 1.31. The Kier molecular flexibility index (Phi) is 3.39. The van der Waals surface area contributed by atoms with E-state index in [0.717, 1.165) is 25.0 Å². The molecule has 4 rings (SSSR count). The summed E-state index contributed by atoms with van der Waals surface area (Å²) >= 11 is 0. The van der Waals surface area contributed by atoms with Gasteiger partial charge in [-0.15, -0.1) is 0 Å². The molecule has 2 aliphatic carbocycles. The van der Waals surface area contributed by atoms with Gasteiger partial charge in [0.1, 0.15) is 5.69 Å². The van der Waals surface area contributed by atoms with Crippen LogP contribution in [0.2, 0.25) is 0 Å². The predicted molar refractivity (Wildman–Crippen MR) is 80.4 cm³/mol. The fourth-order valence-electron chi connectivity index (χ4n) is 3.26. The van der Waals surface area contributed by atoms with Crippen molar-refractivity contribution in [2.75, 3.05) is 13.1 Å². The molecular weight excluding hydrogens is 280 g/mol. The molecule has 1 atom stereocenters. The normalized spacial score (nSPS) is 25.1. The van der Waals surface area contributed by atoms with E-state index in [1.54, 1.807) is 0 Å². The maximum Gasteiger partial charge on any atom is 0.271 e. The Bertz CT molecular complexity index is 589. The summed E-state index contributed by atoms with van der Waals surface area (Å²) in [5, 5.41) is 10.2. The number of aromatic amines is 1. The van der Waals surface area contributed by atoms with Crippen molar-refractivity contribution in [3.05, 3.63) is 17.5 Å². The largest absolute Gasteiger partial charge is 0.351 e. The summed E-state index contributed by atoms with van der Waals surface area (Å²) in [7, 11) is 0. The van der Waals surface area contributed by atoms with Crippen LogP contribution < -0.4 is 5.32 Å². The predicted octanol–water partition coefficient (Wildman–Crippen LogP) is 1.42. The topological polar surface area (TPSA) is 78.1 Å². The zero-order chi connectivity index (χ0) is 15.1. The molecule has 1 unspecified atom stereocenters. The number of H-pyrrole nitrogens is 1. The van der Waals surface area contributed by atoms with E-state index in [1.807, 2.05) is 11.0 Å². The number of likely N-dealkylation sites (tertiary alicyclic amines) is 1. The van der Waals surface area contributed by atoms with Crippen LogP contribution in [-0.2, 0) is 4.79 Å². The number of nitrogens with zero attached hydrogens (tertiary/aromatic N) is 2. The van der Waals surface area contributed by atoms with Crippen molar-refractivity contribution in [3.63, 3.8) is 0 Å². The van der Waals surface area contributed by atoms with Crippen LogP contribution in [-0.4, -0.2) is 46.0 Å². The Hall–Kier alpha value is -1.85. The number of hydrogen-bond acceptors (Lipinski definition) is 3. The molecule has 2 N–H and O–H groups in total. The number of amides is 2. The molecule has 1 aromatic heterocycles. The lowest BCUT2D eigenvalue weighted by molar-refractivity contribution is -0.122. The zero-order valence-electron chi connectivity index (χ0n) is 12.7. The van der Waals surface area contributed by atoms with E-state index >= 15 is 0 Å². The fourth-order valence-corrected chi connectivity index (χ4v) is 3.26. The molecule has 0 bridgehead atoms. The maximum atomic E-state index is 12.5. The van der Waals surface area contributed by atoms with Crippen LogP contribution in [0, 0.1) is 5.92 Å². The average Bonchev–Trinajstić information content (AvgIpc) is 3.03. The van der Waals surface area contributed by atoms with Crippen LogP contribution in [0.15, 0.2) is 6.07 Å². The number of hydrogen-bond donors (Lipinski definition) is 2. The Morgan fingerprint density at radius 3 is 2.73 bits per heavy atom. The standard InChI is InChI=1S/C16H22N4O2/c21-15(11-4-5-11)17-12-6-7-20(9-12)16(22)14-8-13(18-19-14)10-2-1-3-10/h8,10-12H,1-7,9H2,(H,17,21)(H,18,19). The zero-order valence-corrected chi connectivity index (χ0v) is 12.7. The van der Waals surface area contributed by atoms with Gasteiger partial charge >= 0.3 is 0 Å². The van der Waals surface area contributed by atoms with Gasteiger partial charge < -0.3 is 10.2 Å². The molecule has 6 heteroatoms. The van der Waals surface area contributed by atoms with Gasteiger partial charge in [-0.2, -0.15) is 5.10 Å². The third-order valence-electron chi connectivity index (χ3n) is 5.12. The number of aromatic nitrogens is 2. The molecule has 118 valence electrons. The van der Waals surface area contributed by atoms with Crippen LogP contribution in [0.1, 0.15) is 60.6 Å². The first-order chi connectivity index (χ1) is 10.7. The summed E-state index contributed by atoms with van der Waals surface area (Å²) < 4.78 is 0. The van der Waals surface area contributed by atoms with Crippen molar-refractivity contribution >= 4 is 11.8 Å². The van der Waals surface area contributed by atoms with Crippen molar-refractivity contribution in [1.29, 1.82) is 0 Å². The molecule has 22 heavy (non-hydrogen) atoms. The van der Waals surface area contributed by atoms with E-state index in [4.69, 9.17) is 0 Å². The van der Waals surface area contributed by atoms with Crippen LogP contribution in [0.25, 0.3) is 0 Å². The van der Waals surface area contributed by atoms with E-state index < -0.39 is 0 Å². The fraction of sp³-hybridized carbons (Fsp3) is 0.688. The first-order valence-corrected chi connectivity index (χ1v) is 8.35. The summed E-state index contributed by atoms with van der Waals surface area (Å²) in [4.78, 5) is 26.1. The minimum atomic E-state index is 0.00115. The van der Waals surface area contributed by atoms with Crippen LogP contribution >= 0.6 is 0 Å². The molecule has 0 radical (unpaired) electrons. The molecule has 1 aromatic rings. The monoisotopic (exact) mass is 302 g/mol. The minimum absolute atomic E-state index is 0.00115. The summed E-state index contributed by atoms with van der Waals surface area (Å²) in [5.74, 6) is 0.915. The molecule has 3 fully saturated rings. The Morgan fingerprint density at radius 1 is 1.23 bits per heavy atom. The van der Waals surface area contributed by atoms with Crippen molar-refractivity contribution in [2.24, 2.45) is 5.92 Å². The van der Waals surface area contributed by atoms with Crippen LogP contribution in [0.4, 0.5) is 0 Å². The Morgan fingerprint density at radius 2 is 2.05 bits per heavy atom. The minimum Gasteiger partial charge on any atom is -0.351 e. The van der Waals surface area contributed by atoms with Gasteiger partial charge in [-0.05, 0) is 38.2 Å². The van der Waals surface area contributed by atoms with Gasteiger partial charge in [0.2, 0.25) is 5.91 Å². The lowest BCUT2D eigenvalue weighted by Crippen LogP contribution is -2.39. The van der Waals surface area contributed by atoms with E-state index in [9.17, 15) is 9.59 Å². The average molecular weight is 302 g/mol. The first-order valence-electron chi connectivity index (χ1n) is 8.35. The smallest absolute Gasteiger partial charge is 0.271 e. The van der Waals surface area contributed by atoms with Crippen molar-refractivity contribution in [2.45, 2.75) is 50.5 Å². The van der Waals surface area contributed by atoms with Crippen molar-refractivity contribution < 1.29 is 9.59 Å². The quantitative estimate of drug-likeness (QED) is 0.883. The molecule has 2 heterocycles. The molecule has 6 nitrogen and oxygen atoms in total. The number of carbonyl (C=O) groups excluding carboxylic acids is 2. The molecule has 1 saturated heterocycles. The second-order valence-corrected chi connectivity index (χ2v) is 6.85. The molecular formula is C16H22N4O2. The number of carbonyl (C=O) groups is 2. The van der Waals surface area contributed by atoms with Gasteiger partial charge in [0.15, 0.2) is 0 Å². The Labute approximate surface area is 129 Å². The van der Waals surface area contributed by atoms with Gasteiger partial charge in [-0.1, -0.05) is 6.42 Å². The second kappa shape index (κ2) is 5.41. The molecule has 3 aliphatic rings. The molecule has 2 saturated carbocycles. The third-order valence-corrected chi connectivity index (χ3v) is 5.12. The molecule has 0 spiro atoms. The third kappa shape index (κ3) is 2.62. The van der Waals surface area contributed by atoms with E-state index in [1.165, 1.54) is 19.3 Å². The Balaban J connectivity index is 1.34. The van der Waals surface area contributed by atoms with E-state index in [0.29, 0.717) is 24.7 Å². The molecule has 2 amide bonds. The highest BCUT2D eigenvalue weighted by Crippen LogP contribution is 2.35. The first kappa shape index (κ1) is 13.8. The SMILES string of the molecule is O=C(NC1CCN(C(=O)c2cc(C3CCC3)n[nH]2)C1)C1CC1. The van der Waals surface area contributed by atoms with Gasteiger partial charge in [0.05, 0.1) is 5.69 Å². The lowest BCUT2D eigenvalue weighted by Gasteiger charge is -2.22. The van der Waals surface area contributed by atoms with E-state index in [-0.39, 0.29) is 23.8 Å². The lowest BCUT2D eigenvalue weighted by atomic mass is 9.83. The second-order valence-electron chi connectivity index (χ2n) is 6.85. The summed E-state index contributed by atoms with van der Waals surface area (Å²) in [6, 6.07) is 2.01. The van der Waals surface area contributed by atoms with Crippen LogP contribution in [0.3, 0.4) is 0 Å². The van der Waals surface area contributed by atoms with E-state index in [2.05, 4.69) is 15.5 Å². The highest BCUT2D eigenvalue weighted by molar-refractivity contribution is 5.92. The maximum absolute atomic E-state index is 12.5. The van der Waals surface area contributed by atoms with Gasteiger partial charge in [-0.25, -0.2) is 0 Å². The highest BCUT2D eigenvalue weighted by atomic mass is 16.2. The van der Waals surface area contributed by atoms with Gasteiger partial charge in [0.25, 0.3) is 5.91 Å². The van der Waals surface area contributed by atoms with Crippen molar-refractivity contribution in [3.8, 4) is 0 Å².